The van der Waals surface area contributed by atoms with E-state index in [-0.39, 0.29) is 36.7 Å². The van der Waals surface area contributed by atoms with Crippen molar-refractivity contribution in [3.63, 3.8) is 0 Å². The van der Waals surface area contributed by atoms with Crippen molar-refractivity contribution < 1.29 is 27.6 Å². The van der Waals surface area contributed by atoms with Crippen molar-refractivity contribution in [1.29, 1.82) is 0 Å². The van der Waals surface area contributed by atoms with E-state index >= 15 is 0 Å². The van der Waals surface area contributed by atoms with Crippen LogP contribution in [-0.4, -0.2) is 45.5 Å². The summed E-state index contributed by atoms with van der Waals surface area (Å²) in [5, 5.41) is 7.02. The molecule has 2 aliphatic rings. The van der Waals surface area contributed by atoms with Gasteiger partial charge in [0.1, 0.15) is 0 Å². The Labute approximate surface area is 223 Å². The van der Waals surface area contributed by atoms with Crippen LogP contribution in [0.4, 0.5) is 18.9 Å². The number of nitrogens with one attached hydrogen (secondary N) is 1. The van der Waals surface area contributed by atoms with E-state index in [1.807, 2.05) is 11.8 Å². The van der Waals surface area contributed by atoms with Crippen LogP contribution in [0.3, 0.4) is 0 Å². The summed E-state index contributed by atoms with van der Waals surface area (Å²) in [7, 11) is 1.80. The number of aryl methyl sites for hydroxylation is 1. The molecule has 1 atom stereocenters. The lowest BCUT2D eigenvalue weighted by atomic mass is 9.95. The zero-order chi connectivity index (χ0) is 27.9. The van der Waals surface area contributed by atoms with Gasteiger partial charge in [-0.2, -0.15) is 18.3 Å². The lowest BCUT2D eigenvalue weighted by Gasteiger charge is -2.34. The van der Waals surface area contributed by atoms with E-state index in [2.05, 4.69) is 10.4 Å². The summed E-state index contributed by atoms with van der Waals surface area (Å²) in [4.78, 5) is 42.8. The maximum Gasteiger partial charge on any atom is 0.416 e. The van der Waals surface area contributed by atoms with E-state index < -0.39 is 11.7 Å². The predicted octanol–water partition coefficient (Wildman–Crippen LogP) is 4.08. The van der Waals surface area contributed by atoms with Crippen LogP contribution in [0.2, 0.25) is 0 Å². The Balaban J connectivity index is 1.27. The third-order valence-corrected chi connectivity index (χ3v) is 7.52. The van der Waals surface area contributed by atoms with E-state index in [4.69, 9.17) is 0 Å². The molecule has 3 aromatic rings. The molecule has 1 N–H and O–H groups in total. The second-order valence-corrected chi connectivity index (χ2v) is 9.97. The predicted molar refractivity (Wildman–Crippen MR) is 137 cm³/mol. The fourth-order valence-electron chi connectivity index (χ4n) is 5.15. The maximum absolute atomic E-state index is 13.5. The van der Waals surface area contributed by atoms with E-state index in [0.717, 1.165) is 23.4 Å². The Kier molecular flexibility index (Phi) is 6.92. The number of imide groups is 1. The van der Waals surface area contributed by atoms with Gasteiger partial charge < -0.3 is 10.2 Å². The minimum atomic E-state index is -4.41. The van der Waals surface area contributed by atoms with Gasteiger partial charge in [-0.25, -0.2) is 0 Å². The number of carbonyl (C=O) groups is 3. The number of anilines is 1. The Morgan fingerprint density at radius 2 is 1.85 bits per heavy atom. The summed E-state index contributed by atoms with van der Waals surface area (Å²) in [6, 6.07) is 9.88. The Morgan fingerprint density at radius 1 is 1.10 bits per heavy atom. The largest absolute Gasteiger partial charge is 0.416 e. The minimum Gasteiger partial charge on any atom is -0.370 e. The Hall–Kier alpha value is -4.15. The molecule has 3 amide bonds. The van der Waals surface area contributed by atoms with E-state index in [0.29, 0.717) is 48.3 Å². The molecule has 2 aliphatic heterocycles. The van der Waals surface area contributed by atoms with Crippen LogP contribution in [-0.2, 0) is 31.1 Å². The molecule has 1 unspecified atom stereocenters. The summed E-state index contributed by atoms with van der Waals surface area (Å²) in [6.07, 6.45) is -1.41. The Bertz CT molecular complexity index is 1430. The van der Waals surface area contributed by atoms with Crippen molar-refractivity contribution in [2.75, 3.05) is 18.0 Å². The number of piperidine rings is 1. The molecule has 0 spiro atoms. The number of nitrogens with zero attached hydrogens (tertiary/aromatic N) is 4. The van der Waals surface area contributed by atoms with Crippen LogP contribution in [0.1, 0.15) is 55.9 Å². The van der Waals surface area contributed by atoms with Gasteiger partial charge in [0.25, 0.3) is 11.8 Å². The summed E-state index contributed by atoms with van der Waals surface area (Å²) >= 11 is 0. The number of fused-ring (bicyclic) bond motifs is 1. The molecule has 1 aromatic heterocycles. The first kappa shape index (κ1) is 26.5. The standard InChI is InChI=1S/C28H28F3N5O3/c1-17-20(14-33-34(17)2)16-36-26(38)22-6-3-7-23(24(22)27(36)39)35-12-4-5-19(15-35)25(37)32-13-18-8-10-21(11-9-18)28(29,30)31/h3,6-11,14,19H,4-5,12-13,15-16H2,1-2H3,(H,32,37). The van der Waals surface area contributed by atoms with Crippen molar-refractivity contribution in [1.82, 2.24) is 20.0 Å². The second-order valence-electron chi connectivity index (χ2n) is 9.97. The molecule has 0 bridgehead atoms. The van der Waals surface area contributed by atoms with Crippen molar-refractivity contribution in [3.8, 4) is 0 Å². The highest BCUT2D eigenvalue weighted by Crippen LogP contribution is 2.35. The van der Waals surface area contributed by atoms with Gasteiger partial charge in [0.05, 0.1) is 41.0 Å². The zero-order valence-corrected chi connectivity index (χ0v) is 21.6. The van der Waals surface area contributed by atoms with E-state index in [1.165, 1.54) is 17.0 Å². The molecule has 11 heteroatoms. The number of benzene rings is 2. The second kappa shape index (κ2) is 10.2. The first-order chi connectivity index (χ1) is 18.5. The third kappa shape index (κ3) is 5.13. The number of hydrogen-bond acceptors (Lipinski definition) is 5. The molecule has 2 aromatic carbocycles. The highest BCUT2D eigenvalue weighted by atomic mass is 19.4. The van der Waals surface area contributed by atoms with Crippen LogP contribution in [0, 0.1) is 12.8 Å². The molecule has 0 saturated carbocycles. The molecule has 3 heterocycles. The molecule has 1 fully saturated rings. The van der Waals surface area contributed by atoms with Crippen molar-refractivity contribution >= 4 is 23.4 Å². The van der Waals surface area contributed by atoms with Gasteiger partial charge in [-0.1, -0.05) is 18.2 Å². The number of rotatable bonds is 6. The smallest absolute Gasteiger partial charge is 0.370 e. The van der Waals surface area contributed by atoms with Gasteiger partial charge in [0.15, 0.2) is 0 Å². The lowest BCUT2D eigenvalue weighted by Crippen LogP contribution is -2.43. The zero-order valence-electron chi connectivity index (χ0n) is 21.6. The Morgan fingerprint density at radius 3 is 2.51 bits per heavy atom. The molecular formula is C28H28F3N5O3. The molecule has 204 valence electrons. The lowest BCUT2D eigenvalue weighted by molar-refractivity contribution is -0.137. The SMILES string of the molecule is Cc1c(CN2C(=O)c3cccc(N4CCCC(C(=O)NCc5ccc(C(F)(F)F)cc5)C4)c3C2=O)cnn1C. The fourth-order valence-corrected chi connectivity index (χ4v) is 5.15. The topological polar surface area (TPSA) is 87.5 Å². The number of aromatic nitrogens is 2. The highest BCUT2D eigenvalue weighted by Gasteiger charge is 2.40. The molecule has 8 nitrogen and oxygen atoms in total. The average Bonchev–Trinajstić information content (AvgIpc) is 3.37. The van der Waals surface area contributed by atoms with Crippen molar-refractivity contribution in [3.05, 3.63) is 82.2 Å². The van der Waals surface area contributed by atoms with Gasteiger partial charge in [0, 0.05) is 37.9 Å². The first-order valence-electron chi connectivity index (χ1n) is 12.7. The highest BCUT2D eigenvalue weighted by molar-refractivity contribution is 6.23. The van der Waals surface area contributed by atoms with Crippen LogP contribution in [0.25, 0.3) is 0 Å². The minimum absolute atomic E-state index is 0.115. The fraction of sp³-hybridized carbons (Fsp3) is 0.357. The molecular weight excluding hydrogens is 511 g/mol. The summed E-state index contributed by atoms with van der Waals surface area (Å²) in [5.41, 5.74) is 2.79. The number of halogens is 3. The maximum atomic E-state index is 13.5. The monoisotopic (exact) mass is 539 g/mol. The van der Waals surface area contributed by atoms with Gasteiger partial charge in [-0.15, -0.1) is 0 Å². The van der Waals surface area contributed by atoms with Crippen molar-refractivity contribution in [2.24, 2.45) is 13.0 Å². The molecule has 0 radical (unpaired) electrons. The van der Waals surface area contributed by atoms with Crippen LogP contribution < -0.4 is 10.2 Å². The third-order valence-electron chi connectivity index (χ3n) is 7.52. The van der Waals surface area contributed by atoms with Gasteiger partial charge in [-0.05, 0) is 49.6 Å². The van der Waals surface area contributed by atoms with Crippen LogP contribution >= 0.6 is 0 Å². The first-order valence-corrected chi connectivity index (χ1v) is 12.7. The number of carbonyl (C=O) groups excluding carboxylic acids is 3. The molecule has 5 rings (SSSR count). The van der Waals surface area contributed by atoms with Crippen LogP contribution in [0.15, 0.2) is 48.7 Å². The quantitative estimate of drug-likeness (QED) is 0.477. The van der Waals surface area contributed by atoms with Crippen molar-refractivity contribution in [2.45, 2.75) is 39.0 Å². The summed E-state index contributed by atoms with van der Waals surface area (Å²) in [5.74, 6) is -1.31. The average molecular weight is 540 g/mol. The number of hydrogen-bond donors (Lipinski definition) is 1. The van der Waals surface area contributed by atoms with E-state index in [9.17, 15) is 27.6 Å². The number of amides is 3. The molecule has 39 heavy (non-hydrogen) atoms. The molecule has 1 saturated heterocycles. The summed E-state index contributed by atoms with van der Waals surface area (Å²) in [6.45, 7) is 3.10. The van der Waals surface area contributed by atoms with Gasteiger partial charge in [0.2, 0.25) is 5.91 Å². The van der Waals surface area contributed by atoms with Gasteiger partial charge in [-0.3, -0.25) is 24.0 Å². The van der Waals surface area contributed by atoms with Crippen LogP contribution in [0.5, 0.6) is 0 Å². The molecule has 0 aliphatic carbocycles. The number of alkyl halides is 3. The summed E-state index contributed by atoms with van der Waals surface area (Å²) < 4.78 is 40.1. The van der Waals surface area contributed by atoms with E-state index in [1.54, 1.807) is 36.1 Å². The van der Waals surface area contributed by atoms with Gasteiger partial charge >= 0.3 is 6.18 Å². The normalized spacial score (nSPS) is 17.5.